The zero-order valence-electron chi connectivity index (χ0n) is 20.7. The molecule has 8 heteroatoms. The summed E-state index contributed by atoms with van der Waals surface area (Å²) in [6.07, 6.45) is 15.3. The van der Waals surface area contributed by atoms with Gasteiger partial charge in [0, 0.05) is 42.2 Å². The number of methoxy groups -OCH3 is 1. The number of rotatable bonds is 5. The third kappa shape index (κ3) is 4.48. The van der Waals surface area contributed by atoms with Crippen LogP contribution in [-0.2, 0) is 6.42 Å². The molecule has 0 bridgehead atoms. The lowest BCUT2D eigenvalue weighted by molar-refractivity contribution is 0.398. The first kappa shape index (κ1) is 22.7. The second kappa shape index (κ2) is 9.37. The number of hydrogen-bond donors (Lipinski definition) is 1. The van der Waals surface area contributed by atoms with Crippen LogP contribution in [0.3, 0.4) is 0 Å². The number of aryl methyl sites for hydroxylation is 1. The molecule has 0 amide bonds. The Bertz CT molecular complexity index is 1210. The predicted molar refractivity (Wildman–Crippen MR) is 142 cm³/mol. The van der Waals surface area contributed by atoms with E-state index in [0.717, 1.165) is 48.1 Å². The quantitative estimate of drug-likeness (QED) is 0.466. The van der Waals surface area contributed by atoms with Gasteiger partial charge in [0.15, 0.2) is 0 Å². The third-order valence-corrected chi connectivity index (χ3v) is 9.18. The summed E-state index contributed by atoms with van der Waals surface area (Å²) < 4.78 is 8.03. The Balaban J connectivity index is 1.33. The number of hydrogen-bond acceptors (Lipinski definition) is 7. The van der Waals surface area contributed by atoms with E-state index < -0.39 is 0 Å². The first-order valence-electron chi connectivity index (χ1n) is 12.9. The highest BCUT2D eigenvalue weighted by atomic mass is 32.2. The van der Waals surface area contributed by atoms with Crippen molar-refractivity contribution in [2.45, 2.75) is 74.4 Å². The molecule has 6 rings (SSSR count). The molecule has 35 heavy (non-hydrogen) atoms. The van der Waals surface area contributed by atoms with E-state index in [-0.39, 0.29) is 0 Å². The second-order valence-electron chi connectivity index (χ2n) is 10.2. The summed E-state index contributed by atoms with van der Waals surface area (Å²) in [4.78, 5) is 18.4. The zero-order valence-corrected chi connectivity index (χ0v) is 21.5. The van der Waals surface area contributed by atoms with Crippen LogP contribution < -0.4 is 15.0 Å². The number of piperidine rings is 1. The molecule has 7 nitrogen and oxygen atoms in total. The van der Waals surface area contributed by atoms with E-state index in [2.05, 4.69) is 33.0 Å². The van der Waals surface area contributed by atoms with Crippen LogP contribution in [0.4, 0.5) is 17.5 Å². The highest BCUT2D eigenvalue weighted by Gasteiger charge is 2.42. The fourth-order valence-corrected chi connectivity index (χ4v) is 7.40. The Kier molecular flexibility index (Phi) is 6.08. The topological polar surface area (TPSA) is 68.1 Å². The summed E-state index contributed by atoms with van der Waals surface area (Å²) >= 11 is 2.08. The first-order valence-corrected chi connectivity index (χ1v) is 13.8. The molecule has 1 saturated carbocycles. The van der Waals surface area contributed by atoms with Crippen LogP contribution in [0, 0.1) is 6.92 Å². The number of ether oxygens (including phenoxy) is 1. The Morgan fingerprint density at radius 2 is 1.83 bits per heavy atom. The Morgan fingerprint density at radius 3 is 2.57 bits per heavy atom. The van der Waals surface area contributed by atoms with Crippen molar-refractivity contribution in [2.24, 2.45) is 0 Å². The molecule has 1 spiro atoms. The number of fused-ring (bicyclic) bond motifs is 1. The van der Waals surface area contributed by atoms with Crippen molar-refractivity contribution in [1.29, 1.82) is 0 Å². The maximum atomic E-state index is 5.71. The van der Waals surface area contributed by atoms with E-state index >= 15 is 0 Å². The molecule has 1 aromatic carbocycles. The van der Waals surface area contributed by atoms with Gasteiger partial charge in [0.25, 0.3) is 0 Å². The number of nitrogens with zero attached hydrogens (tertiary/aromatic N) is 5. The Labute approximate surface area is 211 Å². The maximum absolute atomic E-state index is 5.71. The lowest BCUT2D eigenvalue weighted by atomic mass is 9.85. The predicted octanol–water partition coefficient (Wildman–Crippen LogP) is 6.06. The van der Waals surface area contributed by atoms with E-state index in [4.69, 9.17) is 14.7 Å². The number of nitrogens with one attached hydrogen (secondary N) is 1. The lowest BCUT2D eigenvalue weighted by Crippen LogP contribution is -2.31. The van der Waals surface area contributed by atoms with Gasteiger partial charge in [-0.3, -0.25) is 0 Å². The summed E-state index contributed by atoms with van der Waals surface area (Å²) in [6.45, 7) is 4.16. The molecule has 1 N–H and O–H groups in total. The summed E-state index contributed by atoms with van der Waals surface area (Å²) in [5, 5.41) is 3.50. The van der Waals surface area contributed by atoms with E-state index in [1.165, 1.54) is 62.0 Å². The molecule has 4 heterocycles. The highest BCUT2D eigenvalue weighted by Crippen LogP contribution is 2.54. The monoisotopic (exact) mass is 490 g/mol. The van der Waals surface area contributed by atoms with E-state index in [1.54, 1.807) is 7.11 Å². The second-order valence-corrected chi connectivity index (χ2v) is 11.6. The molecule has 0 atom stereocenters. The molecular formula is C27H34N6OS. The molecule has 184 valence electrons. The SMILES string of the molecule is COc1cc(Nc2nc3c(c(N4CCCCC4)n2)SC2(CCCCC2)C3)ccc1-n1cnc(C)c1. The maximum Gasteiger partial charge on any atom is 0.229 e. The fraction of sp³-hybridized carbons (Fsp3) is 0.519. The van der Waals surface area contributed by atoms with Gasteiger partial charge >= 0.3 is 0 Å². The van der Waals surface area contributed by atoms with Gasteiger partial charge in [-0.05, 0) is 51.2 Å². The van der Waals surface area contributed by atoms with Gasteiger partial charge in [0.05, 0.1) is 35.4 Å². The number of imidazole rings is 1. The van der Waals surface area contributed by atoms with Crippen LogP contribution in [0.1, 0.15) is 62.8 Å². The van der Waals surface area contributed by atoms with Crippen molar-refractivity contribution in [3.05, 3.63) is 42.1 Å². The van der Waals surface area contributed by atoms with Crippen molar-refractivity contribution in [3.63, 3.8) is 0 Å². The Morgan fingerprint density at radius 1 is 1.03 bits per heavy atom. The van der Waals surface area contributed by atoms with Crippen molar-refractivity contribution in [3.8, 4) is 11.4 Å². The van der Waals surface area contributed by atoms with Gasteiger partial charge < -0.3 is 19.5 Å². The van der Waals surface area contributed by atoms with Crippen LogP contribution in [0.2, 0.25) is 0 Å². The average Bonchev–Trinajstić information content (AvgIpc) is 3.47. The van der Waals surface area contributed by atoms with Crippen LogP contribution in [0.25, 0.3) is 5.69 Å². The molecule has 0 radical (unpaired) electrons. The molecule has 2 fully saturated rings. The standard InChI is InChI=1S/C27H34N6OS/c1-19-17-33(18-28-19)22-10-9-20(15-23(22)34-2)29-26-30-21-16-27(11-5-3-6-12-27)35-24(21)25(31-26)32-13-7-4-8-14-32/h9-10,15,17-18H,3-8,11-14,16H2,1-2H3,(H,29,30,31). The number of thioether (sulfide) groups is 1. The number of anilines is 3. The molecule has 1 aliphatic carbocycles. The summed E-state index contributed by atoms with van der Waals surface area (Å²) in [6, 6.07) is 6.12. The lowest BCUT2D eigenvalue weighted by Gasteiger charge is -2.32. The zero-order chi connectivity index (χ0) is 23.8. The van der Waals surface area contributed by atoms with Crippen molar-refractivity contribution < 1.29 is 4.74 Å². The number of benzene rings is 1. The molecule has 0 unspecified atom stereocenters. The van der Waals surface area contributed by atoms with Crippen molar-refractivity contribution >= 4 is 29.2 Å². The molecule has 2 aliphatic heterocycles. The minimum atomic E-state index is 0.326. The highest BCUT2D eigenvalue weighted by molar-refractivity contribution is 8.01. The minimum Gasteiger partial charge on any atom is -0.494 e. The van der Waals surface area contributed by atoms with E-state index in [0.29, 0.717) is 10.7 Å². The van der Waals surface area contributed by atoms with Gasteiger partial charge in [0.1, 0.15) is 11.6 Å². The summed E-state index contributed by atoms with van der Waals surface area (Å²) in [5.74, 6) is 2.61. The first-order chi connectivity index (χ1) is 17.1. The summed E-state index contributed by atoms with van der Waals surface area (Å²) in [7, 11) is 1.70. The van der Waals surface area contributed by atoms with Crippen LogP contribution in [-0.4, -0.2) is 44.5 Å². The minimum absolute atomic E-state index is 0.326. The molecule has 3 aliphatic rings. The summed E-state index contributed by atoms with van der Waals surface area (Å²) in [5.41, 5.74) is 4.08. The smallest absolute Gasteiger partial charge is 0.229 e. The van der Waals surface area contributed by atoms with Gasteiger partial charge in [0.2, 0.25) is 5.95 Å². The van der Waals surface area contributed by atoms with Crippen LogP contribution in [0.5, 0.6) is 5.75 Å². The Hall–Kier alpha value is -2.74. The van der Waals surface area contributed by atoms with Gasteiger partial charge in [-0.1, -0.05) is 19.3 Å². The average molecular weight is 491 g/mol. The largest absolute Gasteiger partial charge is 0.494 e. The van der Waals surface area contributed by atoms with Gasteiger partial charge in [-0.25, -0.2) is 9.97 Å². The van der Waals surface area contributed by atoms with Crippen LogP contribution in [0.15, 0.2) is 35.6 Å². The molecule has 1 saturated heterocycles. The number of aromatic nitrogens is 4. The molecule has 3 aromatic rings. The molecular weight excluding hydrogens is 456 g/mol. The van der Waals surface area contributed by atoms with Crippen molar-refractivity contribution in [2.75, 3.05) is 30.4 Å². The van der Waals surface area contributed by atoms with Gasteiger partial charge in [-0.15, -0.1) is 11.8 Å². The third-order valence-electron chi connectivity index (χ3n) is 7.57. The normalized spacial score (nSPS) is 19.1. The van der Waals surface area contributed by atoms with Gasteiger partial charge in [-0.2, -0.15) is 4.98 Å². The molecule has 2 aromatic heterocycles. The van der Waals surface area contributed by atoms with Crippen LogP contribution >= 0.6 is 11.8 Å². The fourth-order valence-electron chi connectivity index (χ4n) is 5.77. The van der Waals surface area contributed by atoms with E-state index in [9.17, 15) is 0 Å². The van der Waals surface area contributed by atoms with Crippen molar-refractivity contribution in [1.82, 2.24) is 19.5 Å². The van der Waals surface area contributed by atoms with E-state index in [1.807, 2.05) is 36.1 Å².